The topological polar surface area (TPSA) is 77.2 Å². The van der Waals surface area contributed by atoms with Gasteiger partial charge in [-0.3, -0.25) is 4.79 Å². The van der Waals surface area contributed by atoms with E-state index in [9.17, 15) is 4.79 Å². The van der Waals surface area contributed by atoms with Gasteiger partial charge in [0.05, 0.1) is 7.11 Å². The molecule has 3 aromatic rings. The summed E-state index contributed by atoms with van der Waals surface area (Å²) in [6, 6.07) is 13.2. The van der Waals surface area contributed by atoms with Gasteiger partial charge in [0.25, 0.3) is 0 Å². The molecule has 138 valence electrons. The molecule has 3 N–H and O–H groups in total. The van der Waals surface area contributed by atoms with Crippen molar-refractivity contribution in [1.29, 1.82) is 0 Å². The maximum Gasteiger partial charge on any atom is 0.248 e. The lowest BCUT2D eigenvalue weighted by molar-refractivity contribution is -0.111. The number of methoxy groups -OCH3 is 1. The Morgan fingerprint density at radius 1 is 1.26 bits per heavy atom. The first-order chi connectivity index (χ1) is 13.1. The quantitative estimate of drug-likeness (QED) is 0.380. The van der Waals surface area contributed by atoms with E-state index in [1.165, 1.54) is 6.08 Å². The van der Waals surface area contributed by atoms with Crippen molar-refractivity contribution in [3.05, 3.63) is 65.9 Å². The summed E-state index contributed by atoms with van der Waals surface area (Å²) in [5, 5.41) is 4.86. The van der Waals surface area contributed by atoms with Gasteiger partial charge in [-0.05, 0) is 41.1 Å². The Hall–Kier alpha value is -3.05. The normalized spacial score (nSPS) is 11.0. The van der Waals surface area contributed by atoms with Crippen LogP contribution in [0, 0.1) is 0 Å². The lowest BCUT2D eigenvalue weighted by atomic mass is 9.99. The maximum atomic E-state index is 12.4. The van der Waals surface area contributed by atoms with Crippen molar-refractivity contribution in [1.82, 2.24) is 4.98 Å². The summed E-state index contributed by atoms with van der Waals surface area (Å²) in [4.78, 5) is 16.5. The van der Waals surface area contributed by atoms with E-state index in [0.29, 0.717) is 29.6 Å². The van der Waals surface area contributed by atoms with Crippen molar-refractivity contribution < 1.29 is 9.53 Å². The number of nitrogens with zero attached hydrogens (tertiary/aromatic N) is 1. The van der Waals surface area contributed by atoms with E-state index in [1.54, 1.807) is 31.5 Å². The van der Waals surface area contributed by atoms with Crippen LogP contribution in [0.15, 0.2) is 54.7 Å². The van der Waals surface area contributed by atoms with Gasteiger partial charge in [-0.2, -0.15) is 0 Å². The second kappa shape index (κ2) is 8.56. The molecule has 1 amide bonds. The molecule has 3 rings (SSSR count). The number of carbonyl (C=O) groups excluding carboxylic acids is 1. The van der Waals surface area contributed by atoms with Gasteiger partial charge < -0.3 is 15.8 Å². The minimum atomic E-state index is -0.253. The molecule has 0 aliphatic carbocycles. The predicted octanol–water partition coefficient (Wildman–Crippen LogP) is 4.26. The number of nitrogens with one attached hydrogen (secondary N) is 1. The van der Waals surface area contributed by atoms with Crippen molar-refractivity contribution in [2.24, 2.45) is 0 Å². The number of nitrogens with two attached hydrogens (primary N) is 1. The summed E-state index contributed by atoms with van der Waals surface area (Å²) in [5.41, 5.74) is 9.23. The molecule has 0 aliphatic heterocycles. The van der Waals surface area contributed by atoms with Crippen molar-refractivity contribution in [3.63, 3.8) is 0 Å². The number of amides is 1. The summed E-state index contributed by atoms with van der Waals surface area (Å²) >= 11 is 5.98. The minimum absolute atomic E-state index is 0.253. The van der Waals surface area contributed by atoms with Gasteiger partial charge in [-0.15, -0.1) is 11.6 Å². The summed E-state index contributed by atoms with van der Waals surface area (Å²) in [7, 11) is 1.55. The molecule has 0 atom stereocenters. The Bertz CT molecular complexity index is 985. The van der Waals surface area contributed by atoms with Crippen LogP contribution in [-0.4, -0.2) is 23.9 Å². The monoisotopic (exact) mass is 381 g/mol. The molecule has 6 heteroatoms. The highest BCUT2D eigenvalue weighted by atomic mass is 35.5. The molecule has 5 nitrogen and oxygen atoms in total. The largest absolute Gasteiger partial charge is 0.481 e. The third-order valence-electron chi connectivity index (χ3n) is 4.19. The smallest absolute Gasteiger partial charge is 0.248 e. The molecular formula is C21H20ClN3O2. The van der Waals surface area contributed by atoms with Crippen molar-refractivity contribution >= 4 is 45.7 Å². The number of fused-ring (bicyclic) bond motifs is 1. The number of aromatic nitrogens is 1. The zero-order valence-electron chi connectivity index (χ0n) is 14.9. The van der Waals surface area contributed by atoms with Crippen LogP contribution >= 0.6 is 11.6 Å². The molecule has 2 aromatic carbocycles. The van der Waals surface area contributed by atoms with E-state index in [4.69, 9.17) is 22.1 Å². The van der Waals surface area contributed by atoms with Crippen LogP contribution in [0.4, 0.5) is 11.4 Å². The third-order valence-corrected chi connectivity index (χ3v) is 4.38. The first-order valence-corrected chi connectivity index (χ1v) is 9.01. The lowest BCUT2D eigenvalue weighted by Gasteiger charge is -2.14. The van der Waals surface area contributed by atoms with Crippen molar-refractivity contribution in [2.75, 3.05) is 24.0 Å². The summed E-state index contributed by atoms with van der Waals surface area (Å²) < 4.78 is 5.02. The molecule has 0 fully saturated rings. The van der Waals surface area contributed by atoms with Crippen LogP contribution < -0.4 is 15.8 Å². The van der Waals surface area contributed by atoms with E-state index in [2.05, 4.69) is 10.3 Å². The van der Waals surface area contributed by atoms with Crippen LogP contribution in [0.2, 0.25) is 0 Å². The fourth-order valence-electron chi connectivity index (χ4n) is 2.90. The average molecular weight is 382 g/mol. The number of hydrogen-bond donors (Lipinski definition) is 2. The molecule has 0 radical (unpaired) electrons. The molecule has 27 heavy (non-hydrogen) atoms. The second-order valence-electron chi connectivity index (χ2n) is 5.93. The highest BCUT2D eigenvalue weighted by molar-refractivity contribution is 6.18. The van der Waals surface area contributed by atoms with Crippen LogP contribution in [-0.2, 0) is 11.2 Å². The van der Waals surface area contributed by atoms with Gasteiger partial charge in [-0.1, -0.05) is 24.3 Å². The summed E-state index contributed by atoms with van der Waals surface area (Å²) in [5.74, 6) is 0.717. The average Bonchev–Trinajstić information content (AvgIpc) is 2.70. The second-order valence-corrected chi connectivity index (χ2v) is 6.31. The van der Waals surface area contributed by atoms with Crippen LogP contribution in [0.5, 0.6) is 5.88 Å². The Labute approximate surface area is 162 Å². The molecular weight excluding hydrogens is 362 g/mol. The fraction of sp³-hybridized carbons (Fsp3) is 0.143. The molecule has 0 aliphatic rings. The number of carbonyl (C=O) groups is 1. The fourth-order valence-corrected chi connectivity index (χ4v) is 3.09. The van der Waals surface area contributed by atoms with Gasteiger partial charge in [0.1, 0.15) is 0 Å². The van der Waals surface area contributed by atoms with Gasteiger partial charge in [-0.25, -0.2) is 4.98 Å². The molecule has 0 bridgehead atoms. The van der Waals surface area contributed by atoms with Gasteiger partial charge in [0.15, 0.2) is 0 Å². The zero-order chi connectivity index (χ0) is 19.2. The lowest BCUT2D eigenvalue weighted by Crippen LogP contribution is -2.11. The number of ether oxygens (including phenoxy) is 1. The number of rotatable bonds is 6. The van der Waals surface area contributed by atoms with Crippen molar-refractivity contribution in [3.8, 4) is 5.88 Å². The number of aryl methyl sites for hydroxylation is 1. The molecule has 1 heterocycles. The number of alkyl halides is 1. The standard InChI is InChI=1S/C21H20ClN3O2/c1-27-21-9-7-14(13-24-21)6-8-20(26)25-19-12-18(23)16-5-3-2-4-15(16)17(19)10-11-22/h2-9,12-13H,10-11,23H2,1H3,(H,25,26)/b8-6+. The van der Waals surface area contributed by atoms with Crippen LogP contribution in [0.25, 0.3) is 16.8 Å². The number of anilines is 2. The minimum Gasteiger partial charge on any atom is -0.481 e. The van der Waals surface area contributed by atoms with E-state index in [-0.39, 0.29) is 5.91 Å². The first kappa shape index (κ1) is 18.7. The number of hydrogen-bond acceptors (Lipinski definition) is 4. The highest BCUT2D eigenvalue weighted by Crippen LogP contribution is 2.32. The SMILES string of the molecule is COc1ccc(/C=C/C(=O)Nc2cc(N)c3ccccc3c2CCCl)cn1. The van der Waals surface area contributed by atoms with E-state index in [0.717, 1.165) is 21.9 Å². The van der Waals surface area contributed by atoms with Gasteiger partial charge >= 0.3 is 0 Å². The van der Waals surface area contributed by atoms with Gasteiger partial charge in [0, 0.05) is 41.0 Å². The molecule has 0 saturated carbocycles. The molecule has 0 spiro atoms. The first-order valence-electron chi connectivity index (χ1n) is 8.47. The molecule has 0 unspecified atom stereocenters. The summed E-state index contributed by atoms with van der Waals surface area (Å²) in [6.45, 7) is 0. The van der Waals surface area contributed by atoms with Crippen LogP contribution in [0.3, 0.4) is 0 Å². The van der Waals surface area contributed by atoms with Crippen molar-refractivity contribution in [2.45, 2.75) is 6.42 Å². The van der Waals surface area contributed by atoms with Crippen LogP contribution in [0.1, 0.15) is 11.1 Å². The van der Waals surface area contributed by atoms with E-state index >= 15 is 0 Å². The number of pyridine rings is 1. The predicted molar refractivity (Wildman–Crippen MR) is 111 cm³/mol. The Balaban J connectivity index is 1.85. The van der Waals surface area contributed by atoms with E-state index < -0.39 is 0 Å². The van der Waals surface area contributed by atoms with Gasteiger partial charge in [0.2, 0.25) is 11.8 Å². The maximum absolute atomic E-state index is 12.4. The number of nitrogen functional groups attached to an aromatic ring is 1. The van der Waals surface area contributed by atoms with E-state index in [1.807, 2.05) is 30.3 Å². The summed E-state index contributed by atoms with van der Waals surface area (Å²) in [6.07, 6.45) is 5.41. The number of halogens is 1. The molecule has 1 aromatic heterocycles. The Morgan fingerprint density at radius 3 is 2.70 bits per heavy atom. The molecule has 0 saturated heterocycles. The number of benzene rings is 2. The third kappa shape index (κ3) is 4.38. The zero-order valence-corrected chi connectivity index (χ0v) is 15.7. The highest BCUT2D eigenvalue weighted by Gasteiger charge is 2.12. The Morgan fingerprint density at radius 2 is 2.04 bits per heavy atom. The Kier molecular flexibility index (Phi) is 5.94.